The molecule has 4 N–H and O–H groups in total. The van der Waals surface area contributed by atoms with E-state index in [0.29, 0.717) is 30.2 Å². The van der Waals surface area contributed by atoms with Gasteiger partial charge >= 0.3 is 12.1 Å². The second kappa shape index (κ2) is 10.5. The predicted octanol–water partition coefficient (Wildman–Crippen LogP) is 3.06. The summed E-state index contributed by atoms with van der Waals surface area (Å²) in [5, 5.41) is 15.4. The van der Waals surface area contributed by atoms with Crippen molar-refractivity contribution < 1.29 is 14.4 Å². The lowest BCUT2D eigenvalue weighted by atomic mass is 10.1. The first kappa shape index (κ1) is 22.8. The van der Waals surface area contributed by atoms with Crippen molar-refractivity contribution in [3.8, 4) is 0 Å². The van der Waals surface area contributed by atoms with Gasteiger partial charge in [-0.3, -0.25) is 14.4 Å². The molecule has 2 aromatic carbocycles. The van der Waals surface area contributed by atoms with Gasteiger partial charge in [-0.25, -0.2) is 9.59 Å². The fourth-order valence-electron chi connectivity index (χ4n) is 3.75. The lowest BCUT2D eigenvalue weighted by Gasteiger charge is -2.31. The Morgan fingerprint density at radius 2 is 1.76 bits per heavy atom. The molecule has 10 nitrogen and oxygen atoms in total. The van der Waals surface area contributed by atoms with Gasteiger partial charge in [0.25, 0.3) is 5.91 Å². The number of benzene rings is 2. The van der Waals surface area contributed by atoms with Crippen molar-refractivity contribution in [3.05, 3.63) is 72.4 Å². The summed E-state index contributed by atoms with van der Waals surface area (Å²) in [6, 6.07) is 16.7. The Morgan fingerprint density at radius 3 is 2.53 bits per heavy atom. The first-order valence-electron chi connectivity index (χ1n) is 11.1. The third-order valence-corrected chi connectivity index (χ3v) is 5.39. The molecular weight excluding hydrogens is 434 g/mol. The standard InChI is InChI=1S/C24H27N7O3/c1-30-14-12-21(29-30)31-13-6-11-20(22(31)32)28-23(33)25-16-17-7-5-10-19(15-17)27-24(34)26-18-8-3-2-4-9-18/h2-5,7-10,12,14-15,20H,6,11,13,16H2,1H3,(H2,25,28,33)(H2,26,27,34). The van der Waals surface area contributed by atoms with E-state index < -0.39 is 12.1 Å². The second-order valence-corrected chi connectivity index (χ2v) is 8.00. The van der Waals surface area contributed by atoms with Crippen LogP contribution in [0.1, 0.15) is 18.4 Å². The molecule has 1 aromatic heterocycles. The Morgan fingerprint density at radius 1 is 1.00 bits per heavy atom. The highest BCUT2D eigenvalue weighted by Gasteiger charge is 2.31. The van der Waals surface area contributed by atoms with E-state index in [2.05, 4.69) is 26.4 Å². The van der Waals surface area contributed by atoms with Crippen LogP contribution in [0.4, 0.5) is 26.8 Å². The van der Waals surface area contributed by atoms with E-state index >= 15 is 0 Å². The Kier molecular flexibility index (Phi) is 7.07. The summed E-state index contributed by atoms with van der Waals surface area (Å²) < 4.78 is 1.64. The van der Waals surface area contributed by atoms with Crippen LogP contribution in [0.25, 0.3) is 0 Å². The van der Waals surface area contributed by atoms with Gasteiger partial charge in [0.05, 0.1) is 0 Å². The molecule has 0 aliphatic carbocycles. The van der Waals surface area contributed by atoms with Crippen LogP contribution in [0.15, 0.2) is 66.9 Å². The molecule has 1 aliphatic rings. The van der Waals surface area contributed by atoms with E-state index in [-0.39, 0.29) is 18.5 Å². The molecule has 4 rings (SSSR count). The topological polar surface area (TPSA) is 120 Å². The minimum atomic E-state index is -0.606. The fraction of sp³-hybridized carbons (Fsp3) is 0.250. The van der Waals surface area contributed by atoms with Crippen LogP contribution < -0.4 is 26.2 Å². The van der Waals surface area contributed by atoms with Gasteiger partial charge < -0.3 is 21.3 Å². The first-order chi connectivity index (χ1) is 16.5. The molecule has 1 atom stereocenters. The van der Waals surface area contributed by atoms with Crippen LogP contribution in [0.5, 0.6) is 0 Å². The summed E-state index contributed by atoms with van der Waals surface area (Å²) in [7, 11) is 1.79. The number of aryl methyl sites for hydroxylation is 1. The minimum Gasteiger partial charge on any atom is -0.334 e. The molecule has 1 saturated heterocycles. The van der Waals surface area contributed by atoms with E-state index in [4.69, 9.17) is 0 Å². The van der Waals surface area contributed by atoms with Crippen molar-refractivity contribution in [1.29, 1.82) is 0 Å². The number of anilines is 3. The average Bonchev–Trinajstić information content (AvgIpc) is 3.26. The van der Waals surface area contributed by atoms with Crippen LogP contribution in [0.2, 0.25) is 0 Å². The van der Waals surface area contributed by atoms with Gasteiger partial charge in [0, 0.05) is 43.8 Å². The maximum atomic E-state index is 12.8. The smallest absolute Gasteiger partial charge is 0.323 e. The normalized spacial score (nSPS) is 15.5. The molecule has 5 amide bonds. The Hall–Kier alpha value is -4.34. The number of para-hydroxylation sites is 1. The van der Waals surface area contributed by atoms with Crippen molar-refractivity contribution in [2.45, 2.75) is 25.4 Å². The number of hydrogen-bond donors (Lipinski definition) is 4. The van der Waals surface area contributed by atoms with Crippen molar-refractivity contribution >= 4 is 35.2 Å². The number of amides is 5. The number of piperidine rings is 1. The third-order valence-electron chi connectivity index (χ3n) is 5.39. The summed E-state index contributed by atoms with van der Waals surface area (Å²) in [5.41, 5.74) is 2.09. The summed E-state index contributed by atoms with van der Waals surface area (Å²) in [6.45, 7) is 0.819. The van der Waals surface area contributed by atoms with E-state index in [9.17, 15) is 14.4 Å². The summed E-state index contributed by atoms with van der Waals surface area (Å²) >= 11 is 0. The zero-order valence-corrected chi connectivity index (χ0v) is 18.8. The molecule has 2 heterocycles. The first-order valence-corrected chi connectivity index (χ1v) is 11.1. The highest BCUT2D eigenvalue weighted by atomic mass is 16.2. The predicted molar refractivity (Wildman–Crippen MR) is 129 cm³/mol. The van der Waals surface area contributed by atoms with Gasteiger partial charge in [0.1, 0.15) is 6.04 Å². The number of carbonyl (C=O) groups is 3. The molecule has 34 heavy (non-hydrogen) atoms. The van der Waals surface area contributed by atoms with Crippen LogP contribution in [-0.4, -0.2) is 40.3 Å². The van der Waals surface area contributed by atoms with Crippen LogP contribution in [0.3, 0.4) is 0 Å². The molecule has 0 bridgehead atoms. The fourth-order valence-corrected chi connectivity index (χ4v) is 3.75. The van der Waals surface area contributed by atoms with E-state index in [0.717, 1.165) is 12.0 Å². The van der Waals surface area contributed by atoms with Gasteiger partial charge in [0.15, 0.2) is 5.82 Å². The van der Waals surface area contributed by atoms with Crippen molar-refractivity contribution in [1.82, 2.24) is 20.4 Å². The third kappa shape index (κ3) is 5.91. The van der Waals surface area contributed by atoms with Gasteiger partial charge in [-0.05, 0) is 42.7 Å². The van der Waals surface area contributed by atoms with Crippen molar-refractivity contribution in [2.24, 2.45) is 7.05 Å². The highest BCUT2D eigenvalue weighted by Crippen LogP contribution is 2.19. The van der Waals surface area contributed by atoms with Crippen LogP contribution >= 0.6 is 0 Å². The number of rotatable bonds is 6. The molecule has 0 saturated carbocycles. The molecular formula is C24H27N7O3. The van der Waals surface area contributed by atoms with Gasteiger partial charge in [-0.1, -0.05) is 30.3 Å². The molecule has 0 spiro atoms. The highest BCUT2D eigenvalue weighted by molar-refractivity contribution is 6.00. The maximum Gasteiger partial charge on any atom is 0.323 e. The number of hydrogen-bond acceptors (Lipinski definition) is 4. The molecule has 1 aliphatic heterocycles. The van der Waals surface area contributed by atoms with Crippen LogP contribution in [-0.2, 0) is 18.4 Å². The maximum absolute atomic E-state index is 12.8. The number of urea groups is 2. The molecule has 0 radical (unpaired) electrons. The van der Waals surface area contributed by atoms with Gasteiger partial charge in [-0.15, -0.1) is 0 Å². The number of carbonyl (C=O) groups excluding carboxylic acids is 3. The van der Waals surface area contributed by atoms with E-state index in [1.165, 1.54) is 0 Å². The molecule has 176 valence electrons. The zero-order valence-electron chi connectivity index (χ0n) is 18.8. The van der Waals surface area contributed by atoms with Crippen molar-refractivity contribution in [3.63, 3.8) is 0 Å². The number of aromatic nitrogens is 2. The van der Waals surface area contributed by atoms with Crippen molar-refractivity contribution in [2.75, 3.05) is 22.1 Å². The molecule has 3 aromatic rings. The monoisotopic (exact) mass is 461 g/mol. The van der Waals surface area contributed by atoms with E-state index in [1.807, 2.05) is 24.3 Å². The quantitative estimate of drug-likeness (QED) is 0.451. The van der Waals surface area contributed by atoms with Gasteiger partial charge in [-0.2, -0.15) is 5.10 Å². The Balaban J connectivity index is 1.27. The summed E-state index contributed by atoms with van der Waals surface area (Å²) in [6.07, 6.45) is 3.12. The molecule has 10 heteroatoms. The largest absolute Gasteiger partial charge is 0.334 e. The lowest BCUT2D eigenvalue weighted by molar-refractivity contribution is -0.121. The summed E-state index contributed by atoms with van der Waals surface area (Å²) in [4.78, 5) is 39.1. The Labute approximate surface area is 197 Å². The average molecular weight is 462 g/mol. The number of nitrogens with one attached hydrogen (secondary N) is 4. The lowest BCUT2D eigenvalue weighted by Crippen LogP contribution is -2.54. The van der Waals surface area contributed by atoms with Crippen LogP contribution in [0, 0.1) is 0 Å². The molecule has 1 fully saturated rings. The summed E-state index contributed by atoms with van der Waals surface area (Å²) in [5.74, 6) is 0.413. The minimum absolute atomic E-state index is 0.171. The SMILES string of the molecule is Cn1ccc(N2CCCC(NC(=O)NCc3cccc(NC(=O)Nc4ccccc4)c3)C2=O)n1. The Bertz CT molecular complexity index is 1160. The second-order valence-electron chi connectivity index (χ2n) is 8.00. The number of nitrogens with zero attached hydrogens (tertiary/aromatic N) is 3. The molecule has 1 unspecified atom stereocenters. The zero-order chi connectivity index (χ0) is 23.9. The van der Waals surface area contributed by atoms with Gasteiger partial charge in [0.2, 0.25) is 0 Å². The van der Waals surface area contributed by atoms with E-state index in [1.54, 1.807) is 59.2 Å².